The molecule has 0 spiro atoms. The summed E-state index contributed by atoms with van der Waals surface area (Å²) < 4.78 is 3.55. The minimum Gasteiger partial charge on any atom is -0.348 e. The first-order valence-corrected chi connectivity index (χ1v) is 9.56. The van der Waals surface area contributed by atoms with E-state index in [2.05, 4.69) is 46.6 Å². The summed E-state index contributed by atoms with van der Waals surface area (Å²) >= 11 is 0. The Kier molecular flexibility index (Phi) is 3.92. The van der Waals surface area contributed by atoms with Gasteiger partial charge in [0, 0.05) is 36.1 Å². The molecule has 0 fully saturated rings. The van der Waals surface area contributed by atoms with Crippen molar-refractivity contribution >= 4 is 28.4 Å². The second-order valence-electron chi connectivity index (χ2n) is 7.55. The van der Waals surface area contributed by atoms with Gasteiger partial charge >= 0.3 is 0 Å². The molecule has 0 aliphatic carbocycles. The van der Waals surface area contributed by atoms with Gasteiger partial charge in [0.2, 0.25) is 0 Å². The fourth-order valence-corrected chi connectivity index (χ4v) is 4.03. The largest absolute Gasteiger partial charge is 0.348 e. The average Bonchev–Trinajstić information content (AvgIpc) is 3.32. The highest BCUT2D eigenvalue weighted by molar-refractivity contribution is 5.98. The summed E-state index contributed by atoms with van der Waals surface area (Å²) in [7, 11) is 1.69. The van der Waals surface area contributed by atoms with Gasteiger partial charge in [-0.2, -0.15) is 0 Å². The second kappa shape index (κ2) is 6.52. The molecule has 0 saturated carbocycles. The molecular formula is C23H19N5O2. The molecule has 5 rings (SSSR count). The maximum absolute atomic E-state index is 12.6. The lowest BCUT2D eigenvalue weighted by Crippen LogP contribution is -2.17. The first-order valence-electron chi connectivity index (χ1n) is 9.56. The Morgan fingerprint density at radius 3 is 2.60 bits per heavy atom. The maximum Gasteiger partial charge on any atom is 0.274 e. The molecule has 5 aromatic rings. The number of carbonyl (C=O) groups is 1. The number of H-pyrrole nitrogens is 1. The van der Waals surface area contributed by atoms with Crippen LogP contribution in [0.2, 0.25) is 0 Å². The van der Waals surface area contributed by atoms with Gasteiger partial charge in [0.05, 0.1) is 11.2 Å². The van der Waals surface area contributed by atoms with Crippen molar-refractivity contribution in [3.05, 3.63) is 76.0 Å². The van der Waals surface area contributed by atoms with Crippen LogP contribution in [0.15, 0.2) is 53.6 Å². The van der Waals surface area contributed by atoms with Gasteiger partial charge in [0.15, 0.2) is 11.9 Å². The smallest absolute Gasteiger partial charge is 0.274 e. The quantitative estimate of drug-likeness (QED) is 0.471. The highest BCUT2D eigenvalue weighted by Crippen LogP contribution is 2.32. The van der Waals surface area contributed by atoms with Gasteiger partial charge in [-0.3, -0.25) is 14.2 Å². The second-order valence-corrected chi connectivity index (χ2v) is 7.55. The lowest BCUT2D eigenvalue weighted by Gasteiger charge is -2.13. The van der Waals surface area contributed by atoms with Crippen LogP contribution in [-0.2, 0) is 7.05 Å². The normalized spacial score (nSPS) is 11.4. The van der Waals surface area contributed by atoms with E-state index < -0.39 is 0 Å². The third-order valence-corrected chi connectivity index (χ3v) is 5.25. The Morgan fingerprint density at radius 2 is 1.87 bits per heavy atom. The van der Waals surface area contributed by atoms with E-state index in [0.29, 0.717) is 34.4 Å². The van der Waals surface area contributed by atoms with Crippen molar-refractivity contribution in [2.45, 2.75) is 13.8 Å². The highest BCUT2D eigenvalue weighted by Gasteiger charge is 2.20. The molecule has 148 valence electrons. The van der Waals surface area contributed by atoms with E-state index in [-0.39, 0.29) is 5.56 Å². The van der Waals surface area contributed by atoms with Gasteiger partial charge in [-0.15, -0.1) is 0 Å². The maximum atomic E-state index is 12.6. The number of benzene rings is 1. The molecule has 4 aromatic heterocycles. The number of hydrogen-bond acceptors (Lipinski definition) is 4. The molecule has 0 aliphatic rings. The first kappa shape index (κ1) is 18.1. The Morgan fingerprint density at radius 1 is 1.10 bits per heavy atom. The summed E-state index contributed by atoms with van der Waals surface area (Å²) in [6, 6.07) is 11.9. The molecule has 0 saturated heterocycles. The van der Waals surface area contributed by atoms with Crippen molar-refractivity contribution in [1.29, 1.82) is 0 Å². The van der Waals surface area contributed by atoms with Crippen molar-refractivity contribution in [3.8, 4) is 17.1 Å². The van der Waals surface area contributed by atoms with Crippen LogP contribution in [0.1, 0.15) is 21.6 Å². The minimum atomic E-state index is -0.200. The number of imidazole rings is 1. The van der Waals surface area contributed by atoms with Crippen LogP contribution in [-0.4, -0.2) is 30.4 Å². The van der Waals surface area contributed by atoms with Crippen molar-refractivity contribution in [2.75, 3.05) is 0 Å². The predicted octanol–water partition coefficient (Wildman–Crippen LogP) is 3.70. The fourth-order valence-electron chi connectivity index (χ4n) is 4.03. The standard InChI is InChI=1S/C23H19N5O2/c1-13-7-14(2)9-16(8-13)28-19-5-4-6-24-21(19)26-22(28)18-11-27(3)23(30)20-17(18)10-15(12-29)25-20/h4-12,25H,1-3H3. The molecule has 0 unspecified atom stereocenters. The zero-order valence-electron chi connectivity index (χ0n) is 16.8. The fraction of sp³-hybridized carbons (Fsp3) is 0.130. The van der Waals surface area contributed by atoms with Crippen molar-refractivity contribution in [2.24, 2.45) is 7.05 Å². The van der Waals surface area contributed by atoms with Gasteiger partial charge in [-0.05, 0) is 55.3 Å². The van der Waals surface area contributed by atoms with Crippen LogP contribution in [0.4, 0.5) is 0 Å². The number of rotatable bonds is 3. The molecule has 1 aromatic carbocycles. The predicted molar refractivity (Wildman–Crippen MR) is 116 cm³/mol. The lowest BCUT2D eigenvalue weighted by molar-refractivity contribution is 0.112. The third kappa shape index (κ3) is 2.67. The van der Waals surface area contributed by atoms with Gasteiger partial charge in [0.1, 0.15) is 11.3 Å². The van der Waals surface area contributed by atoms with E-state index >= 15 is 0 Å². The van der Waals surface area contributed by atoms with Gasteiger partial charge < -0.3 is 9.55 Å². The third-order valence-electron chi connectivity index (χ3n) is 5.25. The zero-order chi connectivity index (χ0) is 21.0. The number of hydrogen-bond donors (Lipinski definition) is 1. The summed E-state index contributed by atoms with van der Waals surface area (Å²) in [5.74, 6) is 0.658. The van der Waals surface area contributed by atoms with Crippen molar-refractivity contribution in [3.63, 3.8) is 0 Å². The summed E-state index contributed by atoms with van der Waals surface area (Å²) in [5.41, 5.74) is 5.99. The number of nitrogens with one attached hydrogen (secondary N) is 1. The van der Waals surface area contributed by atoms with E-state index in [4.69, 9.17) is 4.98 Å². The molecule has 0 atom stereocenters. The summed E-state index contributed by atoms with van der Waals surface area (Å²) in [6.07, 6.45) is 4.17. The van der Waals surface area contributed by atoms with Crippen LogP contribution < -0.4 is 5.56 Å². The molecule has 0 amide bonds. The van der Waals surface area contributed by atoms with Gasteiger partial charge in [-0.1, -0.05) is 6.07 Å². The average molecular weight is 397 g/mol. The molecule has 7 nitrogen and oxygen atoms in total. The van der Waals surface area contributed by atoms with Crippen molar-refractivity contribution < 1.29 is 4.79 Å². The van der Waals surface area contributed by atoms with Crippen molar-refractivity contribution in [1.82, 2.24) is 24.1 Å². The molecule has 30 heavy (non-hydrogen) atoms. The van der Waals surface area contributed by atoms with E-state index in [1.54, 1.807) is 25.5 Å². The highest BCUT2D eigenvalue weighted by atomic mass is 16.1. The molecule has 1 N–H and O–H groups in total. The van der Waals surface area contributed by atoms with E-state index in [1.807, 2.05) is 12.1 Å². The number of pyridine rings is 2. The van der Waals surface area contributed by atoms with Crippen LogP contribution in [0.5, 0.6) is 0 Å². The molecule has 0 aliphatic heterocycles. The Hall–Kier alpha value is -4.00. The summed E-state index contributed by atoms with van der Waals surface area (Å²) in [5, 5.41) is 0.654. The molecule has 0 radical (unpaired) electrons. The summed E-state index contributed by atoms with van der Waals surface area (Å²) in [6.45, 7) is 4.11. The number of carbonyl (C=O) groups excluding carboxylic acids is 1. The number of aromatic nitrogens is 5. The molecule has 0 bridgehead atoms. The number of aldehydes is 1. The van der Waals surface area contributed by atoms with Crippen LogP contribution in [0, 0.1) is 13.8 Å². The number of nitrogens with zero attached hydrogens (tertiary/aromatic N) is 4. The topological polar surface area (TPSA) is 85.6 Å². The Balaban J connectivity index is 1.93. The Labute approximate surface area is 171 Å². The Bertz CT molecular complexity index is 1500. The van der Waals surface area contributed by atoms with Crippen LogP contribution >= 0.6 is 0 Å². The number of aromatic amines is 1. The molecule has 7 heteroatoms. The molecule has 4 heterocycles. The van der Waals surface area contributed by atoms with E-state index in [9.17, 15) is 9.59 Å². The summed E-state index contributed by atoms with van der Waals surface area (Å²) in [4.78, 5) is 36.2. The van der Waals surface area contributed by atoms with E-state index in [0.717, 1.165) is 27.9 Å². The van der Waals surface area contributed by atoms with Gasteiger partial charge in [0.25, 0.3) is 5.56 Å². The SMILES string of the molecule is Cc1cc(C)cc(-n2c(-c3cn(C)c(=O)c4[nH]c(C=O)cc34)nc3ncccc32)c1. The number of fused-ring (bicyclic) bond motifs is 2. The minimum absolute atomic E-state index is 0.200. The molecular weight excluding hydrogens is 378 g/mol. The van der Waals surface area contributed by atoms with Crippen LogP contribution in [0.3, 0.4) is 0 Å². The first-order chi connectivity index (χ1) is 14.5. The van der Waals surface area contributed by atoms with Gasteiger partial charge in [-0.25, -0.2) is 9.97 Å². The van der Waals surface area contributed by atoms with E-state index in [1.165, 1.54) is 4.57 Å². The van der Waals surface area contributed by atoms with Crippen LogP contribution in [0.25, 0.3) is 39.1 Å². The zero-order valence-corrected chi connectivity index (χ0v) is 16.8. The monoisotopic (exact) mass is 397 g/mol. The lowest BCUT2D eigenvalue weighted by atomic mass is 10.1. The number of aryl methyl sites for hydroxylation is 3.